The molecule has 14 heavy (non-hydrogen) atoms. The average Bonchev–Trinajstić information content (AvgIpc) is 2.21. The van der Waals surface area contributed by atoms with Gasteiger partial charge in [-0.15, -0.1) is 0 Å². The number of hydrogen-bond acceptors (Lipinski definition) is 5. The van der Waals surface area contributed by atoms with Gasteiger partial charge in [-0.3, -0.25) is 9.59 Å². The maximum Gasteiger partial charge on any atom is 0.305 e. The third-order valence-electron chi connectivity index (χ3n) is 1.96. The van der Waals surface area contributed by atoms with E-state index in [-0.39, 0.29) is 11.9 Å². The first kappa shape index (κ1) is 10.9. The van der Waals surface area contributed by atoms with Crippen molar-refractivity contribution in [3.63, 3.8) is 0 Å². The Balaban J connectivity index is 2.00. The monoisotopic (exact) mass is 202 g/mol. The summed E-state index contributed by atoms with van der Waals surface area (Å²) >= 11 is 0. The largest absolute Gasteiger partial charge is 0.469 e. The van der Waals surface area contributed by atoms with Gasteiger partial charge in [-0.1, -0.05) is 0 Å². The van der Waals surface area contributed by atoms with Crippen molar-refractivity contribution in [2.45, 2.75) is 25.1 Å². The smallest absolute Gasteiger partial charge is 0.305 e. The molecule has 0 aromatic heterocycles. The Morgan fingerprint density at radius 2 is 2.36 bits per heavy atom. The Morgan fingerprint density at radius 3 is 2.86 bits per heavy atom. The van der Waals surface area contributed by atoms with Gasteiger partial charge in [0, 0.05) is 13.0 Å². The first-order valence-electron chi connectivity index (χ1n) is 4.39. The van der Waals surface area contributed by atoms with E-state index >= 15 is 0 Å². The van der Waals surface area contributed by atoms with Crippen LogP contribution in [0.4, 0.5) is 0 Å². The summed E-state index contributed by atoms with van der Waals surface area (Å²) in [6, 6.07) is -0.576. The number of β-lactam (4-membered cyclic amide) rings is 1. The van der Waals surface area contributed by atoms with E-state index in [0.717, 1.165) is 0 Å². The van der Waals surface area contributed by atoms with Crippen molar-refractivity contribution in [3.8, 4) is 0 Å². The molecule has 1 fully saturated rings. The number of rotatable bonds is 5. The number of amides is 1. The molecule has 0 aliphatic carbocycles. The standard InChI is InChI=1S/C8H14N2O4/c1-13-5(11)3-2-4-14-8-6(9)7(12)10-8/h6,8H,2-4,9H2,1H3,(H,10,12)/t6-,8+/m1/s1. The summed E-state index contributed by atoms with van der Waals surface area (Å²) in [5.41, 5.74) is 5.41. The summed E-state index contributed by atoms with van der Waals surface area (Å²) in [5, 5.41) is 2.49. The normalized spacial score (nSPS) is 25.1. The zero-order valence-electron chi connectivity index (χ0n) is 7.99. The third kappa shape index (κ3) is 2.68. The molecule has 1 heterocycles. The first-order chi connectivity index (χ1) is 6.65. The summed E-state index contributed by atoms with van der Waals surface area (Å²) in [4.78, 5) is 21.3. The van der Waals surface area contributed by atoms with Gasteiger partial charge < -0.3 is 20.5 Å². The summed E-state index contributed by atoms with van der Waals surface area (Å²) in [7, 11) is 1.34. The van der Waals surface area contributed by atoms with E-state index in [2.05, 4.69) is 10.1 Å². The lowest BCUT2D eigenvalue weighted by Gasteiger charge is -2.33. The van der Waals surface area contributed by atoms with Crippen LogP contribution < -0.4 is 11.1 Å². The predicted molar refractivity (Wildman–Crippen MR) is 47.1 cm³/mol. The van der Waals surface area contributed by atoms with Gasteiger partial charge in [0.1, 0.15) is 6.04 Å². The second-order valence-electron chi connectivity index (χ2n) is 3.01. The van der Waals surface area contributed by atoms with Crippen molar-refractivity contribution in [1.82, 2.24) is 5.32 Å². The van der Waals surface area contributed by atoms with E-state index in [1.807, 2.05) is 0 Å². The Bertz CT molecular complexity index is 231. The van der Waals surface area contributed by atoms with E-state index in [1.165, 1.54) is 7.11 Å². The summed E-state index contributed by atoms with van der Waals surface area (Å²) in [6.07, 6.45) is 0.471. The quantitative estimate of drug-likeness (QED) is 0.330. The molecule has 1 rings (SSSR count). The molecule has 1 saturated heterocycles. The van der Waals surface area contributed by atoms with Crippen LogP contribution in [0.2, 0.25) is 0 Å². The number of esters is 1. The van der Waals surface area contributed by atoms with Crippen molar-refractivity contribution in [3.05, 3.63) is 0 Å². The number of carbonyl (C=O) groups excluding carboxylic acids is 2. The van der Waals surface area contributed by atoms with Gasteiger partial charge in [0.05, 0.1) is 7.11 Å². The first-order valence-corrected chi connectivity index (χ1v) is 4.39. The summed E-state index contributed by atoms with van der Waals surface area (Å²) in [5.74, 6) is -0.474. The summed E-state index contributed by atoms with van der Waals surface area (Å²) < 4.78 is 9.64. The van der Waals surface area contributed by atoms with Crippen LogP contribution in [0.3, 0.4) is 0 Å². The highest BCUT2D eigenvalue weighted by molar-refractivity contribution is 5.88. The predicted octanol–water partition coefficient (Wildman–Crippen LogP) is -1.26. The van der Waals surface area contributed by atoms with Crippen molar-refractivity contribution in [2.24, 2.45) is 5.73 Å². The van der Waals surface area contributed by atoms with Gasteiger partial charge in [0.2, 0.25) is 5.91 Å². The molecule has 6 nitrogen and oxygen atoms in total. The fraction of sp³-hybridized carbons (Fsp3) is 0.750. The maximum atomic E-state index is 10.7. The average molecular weight is 202 g/mol. The zero-order valence-corrected chi connectivity index (χ0v) is 7.99. The highest BCUT2D eigenvalue weighted by atomic mass is 16.5. The van der Waals surface area contributed by atoms with E-state index in [0.29, 0.717) is 19.4 Å². The van der Waals surface area contributed by atoms with Gasteiger partial charge in [-0.25, -0.2) is 0 Å². The minimum Gasteiger partial charge on any atom is -0.469 e. The number of methoxy groups -OCH3 is 1. The molecule has 1 aliphatic heterocycles. The lowest BCUT2D eigenvalue weighted by atomic mass is 10.1. The van der Waals surface area contributed by atoms with Crippen LogP contribution in [0.25, 0.3) is 0 Å². The molecule has 3 N–H and O–H groups in total. The van der Waals surface area contributed by atoms with Crippen molar-refractivity contribution in [2.75, 3.05) is 13.7 Å². The Kier molecular flexibility index (Phi) is 3.84. The van der Waals surface area contributed by atoms with Crippen molar-refractivity contribution >= 4 is 11.9 Å². The van der Waals surface area contributed by atoms with E-state index in [1.54, 1.807) is 0 Å². The molecule has 0 spiro atoms. The van der Waals surface area contributed by atoms with Crippen LogP contribution in [0, 0.1) is 0 Å². The van der Waals surface area contributed by atoms with Gasteiger partial charge in [-0.2, -0.15) is 0 Å². The van der Waals surface area contributed by atoms with E-state index < -0.39 is 12.3 Å². The van der Waals surface area contributed by atoms with Crippen molar-refractivity contribution < 1.29 is 19.1 Å². The highest BCUT2D eigenvalue weighted by Crippen LogP contribution is 2.05. The molecule has 0 aromatic rings. The molecular formula is C8H14N2O4. The van der Waals surface area contributed by atoms with Crippen LogP contribution >= 0.6 is 0 Å². The Hall–Kier alpha value is -1.14. The van der Waals surface area contributed by atoms with Gasteiger partial charge in [0.15, 0.2) is 6.23 Å². The number of ether oxygens (including phenoxy) is 2. The Morgan fingerprint density at radius 1 is 1.64 bits per heavy atom. The fourth-order valence-electron chi connectivity index (χ4n) is 1.04. The van der Waals surface area contributed by atoms with Crippen LogP contribution in [-0.2, 0) is 19.1 Å². The lowest BCUT2D eigenvalue weighted by Crippen LogP contribution is -2.67. The molecule has 0 bridgehead atoms. The fourth-order valence-corrected chi connectivity index (χ4v) is 1.04. The molecule has 0 radical (unpaired) electrons. The van der Waals surface area contributed by atoms with Crippen LogP contribution in [-0.4, -0.2) is 37.9 Å². The lowest BCUT2D eigenvalue weighted by molar-refractivity contribution is -0.146. The highest BCUT2D eigenvalue weighted by Gasteiger charge is 2.36. The molecular weight excluding hydrogens is 188 g/mol. The Labute approximate surface area is 81.7 Å². The minimum atomic E-state index is -0.576. The minimum absolute atomic E-state index is 0.206. The van der Waals surface area contributed by atoms with Gasteiger partial charge in [0.25, 0.3) is 0 Å². The van der Waals surface area contributed by atoms with E-state index in [9.17, 15) is 9.59 Å². The van der Waals surface area contributed by atoms with Crippen LogP contribution in [0.1, 0.15) is 12.8 Å². The van der Waals surface area contributed by atoms with E-state index in [4.69, 9.17) is 10.5 Å². The molecule has 0 saturated carbocycles. The summed E-state index contributed by atoms with van der Waals surface area (Å²) in [6.45, 7) is 0.383. The zero-order chi connectivity index (χ0) is 10.6. The molecule has 80 valence electrons. The van der Waals surface area contributed by atoms with Crippen LogP contribution in [0.5, 0.6) is 0 Å². The molecule has 1 amide bonds. The SMILES string of the molecule is COC(=O)CCCO[C@@H]1NC(=O)[C@H]1N. The molecule has 6 heteroatoms. The third-order valence-corrected chi connectivity index (χ3v) is 1.96. The molecule has 1 aliphatic rings. The molecule has 0 aromatic carbocycles. The number of nitrogens with one attached hydrogen (secondary N) is 1. The number of hydrogen-bond donors (Lipinski definition) is 2. The van der Waals surface area contributed by atoms with Gasteiger partial charge >= 0.3 is 5.97 Å². The maximum absolute atomic E-state index is 10.7. The molecule has 0 unspecified atom stereocenters. The second kappa shape index (κ2) is 4.92. The number of nitrogens with two attached hydrogens (primary N) is 1. The molecule has 2 atom stereocenters. The van der Waals surface area contributed by atoms with Crippen molar-refractivity contribution in [1.29, 1.82) is 0 Å². The van der Waals surface area contributed by atoms with Gasteiger partial charge in [-0.05, 0) is 6.42 Å². The number of carbonyl (C=O) groups is 2. The van der Waals surface area contributed by atoms with Crippen LogP contribution in [0.15, 0.2) is 0 Å². The topological polar surface area (TPSA) is 90.6 Å². The second-order valence-corrected chi connectivity index (χ2v) is 3.01.